The van der Waals surface area contributed by atoms with Crippen molar-refractivity contribution in [1.29, 1.82) is 0 Å². The summed E-state index contributed by atoms with van der Waals surface area (Å²) in [5.74, 6) is 0.0459. The second-order valence-corrected chi connectivity index (χ2v) is 7.42. The lowest BCUT2D eigenvalue weighted by Gasteiger charge is -2.06. The molecule has 144 valence electrons. The summed E-state index contributed by atoms with van der Waals surface area (Å²) in [5.41, 5.74) is 4.25. The van der Waals surface area contributed by atoms with Crippen LogP contribution in [0.25, 0.3) is 10.9 Å². The molecule has 2 aromatic carbocycles. The Labute approximate surface area is 174 Å². The largest absolute Gasteiger partial charge is 0.494 e. The van der Waals surface area contributed by atoms with Gasteiger partial charge in [-0.25, -0.2) is 9.98 Å². The standard InChI is InChI=1S/C21H16BrN5O2/c22-15-6-3-5-14-17(21(28)25-18(14)15)20-19(13-4-1-2-7-16(13)24-20)26-29-11-10-27-9-8-23-12-27/h1-9,12,25,28H,10-11H2/b26-19+. The van der Waals surface area contributed by atoms with Crippen molar-refractivity contribution in [3.63, 3.8) is 0 Å². The van der Waals surface area contributed by atoms with Gasteiger partial charge in [0, 0.05) is 27.8 Å². The van der Waals surface area contributed by atoms with E-state index in [0.717, 1.165) is 26.6 Å². The van der Waals surface area contributed by atoms with Crippen LogP contribution in [0.3, 0.4) is 0 Å². The van der Waals surface area contributed by atoms with E-state index in [1.807, 2.05) is 53.2 Å². The zero-order valence-corrected chi connectivity index (χ0v) is 16.8. The Morgan fingerprint density at radius 2 is 2.07 bits per heavy atom. The Morgan fingerprint density at radius 3 is 2.93 bits per heavy atom. The molecule has 5 rings (SSSR count). The van der Waals surface area contributed by atoms with Crippen molar-refractivity contribution in [1.82, 2.24) is 14.5 Å². The number of aliphatic imine (C=N–C) groups is 1. The molecule has 0 saturated heterocycles. The average Bonchev–Trinajstić information content (AvgIpc) is 3.43. The number of para-hydroxylation sites is 2. The highest BCUT2D eigenvalue weighted by Gasteiger charge is 2.29. The molecule has 8 heteroatoms. The van der Waals surface area contributed by atoms with Crippen LogP contribution in [0.1, 0.15) is 11.1 Å². The molecule has 0 unspecified atom stereocenters. The summed E-state index contributed by atoms with van der Waals surface area (Å²) >= 11 is 3.52. The van der Waals surface area contributed by atoms with Crippen LogP contribution in [0.15, 0.2) is 75.8 Å². The maximum atomic E-state index is 10.6. The molecule has 1 aliphatic rings. The highest BCUT2D eigenvalue weighted by atomic mass is 79.9. The van der Waals surface area contributed by atoms with Crippen LogP contribution in [0.4, 0.5) is 5.69 Å². The molecule has 3 heterocycles. The van der Waals surface area contributed by atoms with Crippen molar-refractivity contribution in [2.45, 2.75) is 6.54 Å². The first-order valence-corrected chi connectivity index (χ1v) is 9.85. The number of nitrogens with one attached hydrogen (secondary N) is 1. The molecule has 0 amide bonds. The number of H-pyrrole nitrogens is 1. The van der Waals surface area contributed by atoms with Crippen molar-refractivity contribution < 1.29 is 9.94 Å². The summed E-state index contributed by atoms with van der Waals surface area (Å²) in [5, 5.41) is 15.9. The minimum Gasteiger partial charge on any atom is -0.494 e. The molecule has 0 aliphatic carbocycles. The molecular weight excluding hydrogens is 434 g/mol. The summed E-state index contributed by atoms with van der Waals surface area (Å²) in [6, 6.07) is 13.5. The van der Waals surface area contributed by atoms with Crippen LogP contribution in [0, 0.1) is 0 Å². The Bertz CT molecular complexity index is 1260. The van der Waals surface area contributed by atoms with Gasteiger partial charge < -0.3 is 19.5 Å². The van der Waals surface area contributed by atoms with E-state index in [9.17, 15) is 5.11 Å². The number of fused-ring (bicyclic) bond motifs is 2. The second-order valence-electron chi connectivity index (χ2n) is 6.56. The lowest BCUT2D eigenvalue weighted by Crippen LogP contribution is -2.14. The van der Waals surface area contributed by atoms with Gasteiger partial charge in [-0.1, -0.05) is 35.5 Å². The number of aromatic amines is 1. The Balaban J connectivity index is 1.54. The van der Waals surface area contributed by atoms with Gasteiger partial charge in [-0.15, -0.1) is 0 Å². The summed E-state index contributed by atoms with van der Waals surface area (Å²) < 4.78 is 2.78. The first kappa shape index (κ1) is 17.7. The first-order chi connectivity index (χ1) is 14.2. The van der Waals surface area contributed by atoms with E-state index in [1.165, 1.54) is 0 Å². The van der Waals surface area contributed by atoms with Crippen molar-refractivity contribution in [2.24, 2.45) is 10.1 Å². The Hall–Kier alpha value is -3.39. The summed E-state index contributed by atoms with van der Waals surface area (Å²) in [6.07, 6.45) is 5.33. The van der Waals surface area contributed by atoms with Gasteiger partial charge in [-0.05, 0) is 28.1 Å². The fourth-order valence-electron chi connectivity index (χ4n) is 3.42. The lowest BCUT2D eigenvalue weighted by molar-refractivity contribution is 0.136. The topological polar surface area (TPSA) is 87.8 Å². The van der Waals surface area contributed by atoms with Crippen molar-refractivity contribution in [3.8, 4) is 5.88 Å². The van der Waals surface area contributed by atoms with Crippen LogP contribution in [-0.2, 0) is 11.4 Å². The third kappa shape index (κ3) is 3.11. The fourth-order valence-corrected chi connectivity index (χ4v) is 3.89. The number of nitrogens with zero attached hydrogens (tertiary/aromatic N) is 4. The van der Waals surface area contributed by atoms with Crippen molar-refractivity contribution in [2.75, 3.05) is 6.61 Å². The highest BCUT2D eigenvalue weighted by molar-refractivity contribution is 9.10. The predicted octanol–water partition coefficient (Wildman–Crippen LogP) is 4.39. The van der Waals surface area contributed by atoms with Crippen LogP contribution in [0.2, 0.25) is 0 Å². The minimum absolute atomic E-state index is 0.0459. The number of hydrogen-bond acceptors (Lipinski definition) is 5. The third-order valence-electron chi connectivity index (χ3n) is 4.77. The molecule has 0 radical (unpaired) electrons. The number of hydrogen-bond donors (Lipinski definition) is 2. The number of aromatic nitrogens is 3. The average molecular weight is 450 g/mol. The molecule has 0 saturated carbocycles. The van der Waals surface area contributed by atoms with E-state index < -0.39 is 0 Å². The number of benzene rings is 2. The fraction of sp³-hybridized carbons (Fsp3) is 0.0952. The van der Waals surface area contributed by atoms with E-state index in [2.05, 4.69) is 31.1 Å². The molecular formula is C21H16BrN5O2. The highest BCUT2D eigenvalue weighted by Crippen LogP contribution is 2.37. The van der Waals surface area contributed by atoms with Gasteiger partial charge in [0.05, 0.1) is 29.6 Å². The second kappa shape index (κ2) is 7.21. The maximum absolute atomic E-state index is 10.6. The van der Waals surface area contributed by atoms with E-state index in [-0.39, 0.29) is 5.88 Å². The lowest BCUT2D eigenvalue weighted by atomic mass is 10.0. The van der Waals surface area contributed by atoms with Gasteiger partial charge in [0.2, 0.25) is 0 Å². The SMILES string of the molecule is Oc1[nH]c2c(Br)cccc2c1C1=Nc2ccccc2/C1=N\OCCn1ccnc1. The Kier molecular flexibility index (Phi) is 4.40. The molecule has 0 bridgehead atoms. The summed E-state index contributed by atoms with van der Waals surface area (Å²) in [7, 11) is 0. The first-order valence-electron chi connectivity index (χ1n) is 9.06. The van der Waals surface area contributed by atoms with Gasteiger partial charge in [0.25, 0.3) is 0 Å². The third-order valence-corrected chi connectivity index (χ3v) is 5.43. The molecule has 4 aromatic rings. The number of oxime groups is 1. The van der Waals surface area contributed by atoms with Gasteiger partial charge >= 0.3 is 0 Å². The van der Waals surface area contributed by atoms with Crippen molar-refractivity contribution in [3.05, 3.63) is 76.8 Å². The molecule has 7 nitrogen and oxygen atoms in total. The predicted molar refractivity (Wildman–Crippen MR) is 115 cm³/mol. The van der Waals surface area contributed by atoms with Crippen LogP contribution < -0.4 is 0 Å². The normalized spacial score (nSPS) is 14.4. The Morgan fingerprint density at radius 1 is 1.17 bits per heavy atom. The monoisotopic (exact) mass is 449 g/mol. The summed E-state index contributed by atoms with van der Waals surface area (Å²) in [6.45, 7) is 1.02. The zero-order chi connectivity index (χ0) is 19.8. The number of rotatable bonds is 5. The summed E-state index contributed by atoms with van der Waals surface area (Å²) in [4.78, 5) is 17.4. The molecule has 2 aromatic heterocycles. The molecule has 1 aliphatic heterocycles. The molecule has 0 atom stereocenters. The van der Waals surface area contributed by atoms with E-state index in [1.54, 1.807) is 12.5 Å². The molecule has 0 spiro atoms. The zero-order valence-electron chi connectivity index (χ0n) is 15.2. The number of halogens is 1. The van der Waals surface area contributed by atoms with Gasteiger partial charge in [0.1, 0.15) is 18.0 Å². The molecule has 2 N–H and O–H groups in total. The molecule has 0 fully saturated rings. The minimum atomic E-state index is 0.0459. The van der Waals surface area contributed by atoms with Crippen LogP contribution >= 0.6 is 15.9 Å². The maximum Gasteiger partial charge on any atom is 0.199 e. The number of imidazole rings is 1. The van der Waals surface area contributed by atoms with Gasteiger partial charge in [0.15, 0.2) is 5.88 Å². The van der Waals surface area contributed by atoms with Crippen LogP contribution in [-0.4, -0.2) is 37.7 Å². The van der Waals surface area contributed by atoms with E-state index in [4.69, 9.17) is 9.83 Å². The number of aromatic hydroxyl groups is 1. The van der Waals surface area contributed by atoms with Crippen LogP contribution in [0.5, 0.6) is 5.88 Å². The smallest absolute Gasteiger partial charge is 0.199 e. The van der Waals surface area contributed by atoms with Gasteiger partial charge in [-0.2, -0.15) is 0 Å². The quantitative estimate of drug-likeness (QED) is 0.349. The van der Waals surface area contributed by atoms with E-state index in [0.29, 0.717) is 30.1 Å². The van der Waals surface area contributed by atoms with E-state index >= 15 is 0 Å². The van der Waals surface area contributed by atoms with Crippen molar-refractivity contribution >= 4 is 43.9 Å². The van der Waals surface area contributed by atoms with Gasteiger partial charge in [-0.3, -0.25) is 0 Å². The molecule has 29 heavy (non-hydrogen) atoms.